The van der Waals surface area contributed by atoms with Gasteiger partial charge in [0.2, 0.25) is 11.7 Å². The van der Waals surface area contributed by atoms with E-state index in [0.717, 1.165) is 22.3 Å². The molecule has 0 radical (unpaired) electrons. The predicted octanol–water partition coefficient (Wildman–Crippen LogP) is 4.51. The molecule has 51 heavy (non-hydrogen) atoms. The number of aliphatic imine (C=N–C) groups is 1. The van der Waals surface area contributed by atoms with Crippen LogP contribution in [0.15, 0.2) is 65.9 Å². The van der Waals surface area contributed by atoms with Gasteiger partial charge in [-0.15, -0.1) is 0 Å². The second-order valence-corrected chi connectivity index (χ2v) is 13.6. The number of carbonyl (C=O) groups excluding carboxylic acids is 4. The fourth-order valence-electron chi connectivity index (χ4n) is 6.95. The third kappa shape index (κ3) is 6.79. The van der Waals surface area contributed by atoms with E-state index in [1.165, 1.54) is 0 Å². The molecule has 1 saturated heterocycles. The number of ketones is 1. The van der Waals surface area contributed by atoms with Crippen molar-refractivity contribution in [3.05, 3.63) is 100 Å². The molecule has 0 aliphatic carbocycles. The molecule has 1 fully saturated rings. The van der Waals surface area contributed by atoms with Crippen molar-refractivity contribution in [2.24, 2.45) is 19.1 Å². The van der Waals surface area contributed by atoms with E-state index in [1.54, 1.807) is 63.8 Å². The van der Waals surface area contributed by atoms with Crippen molar-refractivity contribution in [1.29, 1.82) is 0 Å². The quantitative estimate of drug-likeness (QED) is 0.107. The van der Waals surface area contributed by atoms with E-state index in [0.29, 0.717) is 66.4 Å². The molecule has 4 aromatic rings. The third-order valence-corrected chi connectivity index (χ3v) is 9.55. The fourth-order valence-corrected chi connectivity index (χ4v) is 6.95. The molecule has 3 N–H and O–H groups in total. The number of aromatic nitrogens is 3. The SMILES string of the molecule is C=C1C[C@H]2C=Nc3cc(OCCCC(=O)Nc4cn(C)c(C(=O)Cc5cc(C(=O)N6Cc7ccc(N)cc7C6)n(C)c5)n4)c(C)cc3C(=O)N2C1. The smallest absolute Gasteiger partial charge is 0.271 e. The number of nitrogen functional groups attached to an aromatic ring is 1. The topological polar surface area (TPSA) is 157 Å². The summed E-state index contributed by atoms with van der Waals surface area (Å²) in [6, 6.07) is 10.9. The van der Waals surface area contributed by atoms with E-state index in [9.17, 15) is 19.2 Å². The number of benzene rings is 2. The fraction of sp³-hybridized carbons (Fsp3) is 0.316. The summed E-state index contributed by atoms with van der Waals surface area (Å²) in [6.07, 6.45) is 6.55. The number of anilines is 2. The Labute approximate surface area is 295 Å². The van der Waals surface area contributed by atoms with Crippen molar-refractivity contribution < 1.29 is 23.9 Å². The molecule has 0 unspecified atom stereocenters. The summed E-state index contributed by atoms with van der Waals surface area (Å²) in [6.45, 7) is 7.71. The van der Waals surface area contributed by atoms with Gasteiger partial charge >= 0.3 is 0 Å². The van der Waals surface area contributed by atoms with Crippen molar-refractivity contribution in [3.8, 4) is 5.75 Å². The van der Waals surface area contributed by atoms with E-state index in [1.807, 2.05) is 31.2 Å². The minimum Gasteiger partial charge on any atom is -0.493 e. The van der Waals surface area contributed by atoms with Crippen LogP contribution in [0.2, 0.25) is 0 Å². The van der Waals surface area contributed by atoms with Gasteiger partial charge in [0.25, 0.3) is 11.8 Å². The standard InChI is InChI=1S/C38H40N8O5/c1-22-10-28-16-40-30-15-33(23(2)11-29(30)37(49)46(28)17-22)51-9-5-6-35(48)41-34-21-44(4)36(42-34)32(47)13-24-12-31(43(3)18-24)38(50)45-19-25-7-8-27(39)14-26(25)20-45/h7-8,11-12,14-16,18,21,28H,1,5-6,9-10,13,17,19-20,39H2,2-4H3,(H,41,48)/t28-/m0/s1. The number of hydrogen-bond donors (Lipinski definition) is 2. The molecule has 3 amide bonds. The third-order valence-electron chi connectivity index (χ3n) is 9.55. The van der Waals surface area contributed by atoms with Gasteiger partial charge in [-0.2, -0.15) is 0 Å². The van der Waals surface area contributed by atoms with Gasteiger partial charge in [0, 0.05) is 76.9 Å². The van der Waals surface area contributed by atoms with Crippen molar-refractivity contribution >= 4 is 46.9 Å². The van der Waals surface area contributed by atoms with Crippen LogP contribution in [0, 0.1) is 6.92 Å². The number of nitrogens with two attached hydrogens (primary N) is 1. The molecule has 7 rings (SSSR count). The van der Waals surface area contributed by atoms with Gasteiger partial charge in [-0.1, -0.05) is 18.2 Å². The summed E-state index contributed by atoms with van der Waals surface area (Å²) in [4.78, 5) is 65.0. The normalized spacial score (nSPS) is 16.2. The number of amides is 3. The molecular formula is C38H40N8O5. The minimum absolute atomic E-state index is 0.0453. The highest BCUT2D eigenvalue weighted by Crippen LogP contribution is 2.35. The predicted molar refractivity (Wildman–Crippen MR) is 192 cm³/mol. The van der Waals surface area contributed by atoms with Crippen LogP contribution in [0.25, 0.3) is 0 Å². The zero-order valence-corrected chi connectivity index (χ0v) is 28.9. The average Bonchev–Trinajstić information content (AvgIpc) is 3.85. The number of ether oxygens (including phenoxy) is 1. The van der Waals surface area contributed by atoms with Crippen LogP contribution < -0.4 is 15.8 Å². The number of hydrogen-bond acceptors (Lipinski definition) is 8. The van der Waals surface area contributed by atoms with Crippen molar-refractivity contribution in [2.75, 3.05) is 24.2 Å². The summed E-state index contributed by atoms with van der Waals surface area (Å²) < 4.78 is 9.30. The summed E-state index contributed by atoms with van der Waals surface area (Å²) in [5.74, 6) is 0.401. The minimum atomic E-state index is -0.260. The maximum absolute atomic E-state index is 13.3. The summed E-state index contributed by atoms with van der Waals surface area (Å²) in [5, 5.41) is 2.77. The molecule has 13 heteroatoms. The van der Waals surface area contributed by atoms with Crippen LogP contribution in [-0.2, 0) is 38.4 Å². The summed E-state index contributed by atoms with van der Waals surface area (Å²) in [7, 11) is 3.48. The number of aryl methyl sites for hydroxylation is 3. The molecule has 0 bridgehead atoms. The first-order valence-corrected chi connectivity index (χ1v) is 16.9. The molecular weight excluding hydrogens is 648 g/mol. The maximum Gasteiger partial charge on any atom is 0.271 e. The van der Waals surface area contributed by atoms with Gasteiger partial charge in [-0.25, -0.2) is 4.98 Å². The lowest BCUT2D eigenvalue weighted by Gasteiger charge is -2.20. The molecule has 1 atom stereocenters. The molecule has 262 valence electrons. The second kappa shape index (κ2) is 13.4. The highest BCUT2D eigenvalue weighted by atomic mass is 16.5. The van der Waals surface area contributed by atoms with Gasteiger partial charge in [-0.05, 0) is 66.3 Å². The van der Waals surface area contributed by atoms with Crippen molar-refractivity contribution in [2.45, 2.75) is 51.7 Å². The Hall–Kier alpha value is -5.98. The number of imidazole rings is 1. The Morgan fingerprint density at radius 3 is 2.67 bits per heavy atom. The number of Topliss-reactive ketones (excluding diaryl/α,β-unsaturated/α-hetero) is 1. The molecule has 3 aliphatic rings. The van der Waals surface area contributed by atoms with E-state index in [4.69, 9.17) is 10.5 Å². The Morgan fingerprint density at radius 2 is 1.84 bits per heavy atom. The van der Waals surface area contributed by atoms with Crippen LogP contribution in [0.1, 0.15) is 73.0 Å². The molecule has 3 aliphatic heterocycles. The highest BCUT2D eigenvalue weighted by molar-refractivity contribution is 6.03. The van der Waals surface area contributed by atoms with E-state index < -0.39 is 0 Å². The lowest BCUT2D eigenvalue weighted by atomic mass is 10.1. The Kier molecular flexibility index (Phi) is 8.79. The molecule has 2 aromatic heterocycles. The molecule has 13 nitrogen and oxygen atoms in total. The first-order valence-electron chi connectivity index (χ1n) is 16.9. The number of nitrogens with one attached hydrogen (secondary N) is 1. The average molecular weight is 689 g/mol. The highest BCUT2D eigenvalue weighted by Gasteiger charge is 2.34. The largest absolute Gasteiger partial charge is 0.493 e. The summed E-state index contributed by atoms with van der Waals surface area (Å²) in [5.41, 5.74) is 12.8. The van der Waals surface area contributed by atoms with Gasteiger partial charge in [0.15, 0.2) is 11.6 Å². The van der Waals surface area contributed by atoms with Gasteiger partial charge < -0.3 is 34.7 Å². The molecule has 0 spiro atoms. The number of rotatable bonds is 10. The molecule has 2 aromatic carbocycles. The van der Waals surface area contributed by atoms with E-state index in [-0.39, 0.29) is 60.6 Å². The molecule has 0 saturated carbocycles. The summed E-state index contributed by atoms with van der Waals surface area (Å²) >= 11 is 0. The number of carbonyl (C=O) groups is 4. The zero-order valence-electron chi connectivity index (χ0n) is 28.9. The monoisotopic (exact) mass is 688 g/mol. The van der Waals surface area contributed by atoms with Crippen molar-refractivity contribution in [3.63, 3.8) is 0 Å². The van der Waals surface area contributed by atoms with Crippen LogP contribution in [-0.4, -0.2) is 72.8 Å². The van der Waals surface area contributed by atoms with Crippen molar-refractivity contribution in [1.82, 2.24) is 23.9 Å². The lowest BCUT2D eigenvalue weighted by molar-refractivity contribution is -0.116. The van der Waals surface area contributed by atoms with E-state index >= 15 is 0 Å². The van der Waals surface area contributed by atoms with Gasteiger partial charge in [0.05, 0.1) is 23.9 Å². The molecule has 5 heterocycles. The van der Waals surface area contributed by atoms with E-state index in [2.05, 4.69) is 21.9 Å². The van der Waals surface area contributed by atoms with Crippen LogP contribution >= 0.6 is 0 Å². The lowest BCUT2D eigenvalue weighted by Crippen LogP contribution is -2.35. The van der Waals surface area contributed by atoms with Crippen LogP contribution in [0.3, 0.4) is 0 Å². The second-order valence-electron chi connectivity index (χ2n) is 13.6. The van der Waals surface area contributed by atoms with Gasteiger partial charge in [0.1, 0.15) is 11.4 Å². The van der Waals surface area contributed by atoms with Crippen LogP contribution in [0.5, 0.6) is 5.75 Å². The Bertz CT molecular complexity index is 2140. The number of fused-ring (bicyclic) bond motifs is 3. The Morgan fingerprint density at radius 1 is 1.04 bits per heavy atom. The van der Waals surface area contributed by atoms with Gasteiger partial charge in [-0.3, -0.25) is 24.2 Å². The van der Waals surface area contributed by atoms with Crippen LogP contribution in [0.4, 0.5) is 17.2 Å². The maximum atomic E-state index is 13.3. The zero-order chi connectivity index (χ0) is 36.0. The first-order chi connectivity index (χ1) is 24.4. The Balaban J connectivity index is 0.902. The number of nitrogens with zero attached hydrogens (tertiary/aromatic N) is 6. The first kappa shape index (κ1) is 33.5.